The summed E-state index contributed by atoms with van der Waals surface area (Å²) in [5.41, 5.74) is -1.77. The van der Waals surface area contributed by atoms with Gasteiger partial charge in [-0.25, -0.2) is 4.39 Å². The van der Waals surface area contributed by atoms with E-state index >= 15 is 0 Å². The van der Waals surface area contributed by atoms with E-state index in [0.717, 1.165) is 0 Å². The Bertz CT molecular complexity index is 562. The second kappa shape index (κ2) is 6.55. The van der Waals surface area contributed by atoms with Crippen LogP contribution in [0.1, 0.15) is 10.4 Å². The van der Waals surface area contributed by atoms with Gasteiger partial charge in [0.05, 0.1) is 29.8 Å². The van der Waals surface area contributed by atoms with E-state index in [0.29, 0.717) is 31.9 Å². The maximum Gasteiger partial charge on any atom is 0.308 e. The molecule has 1 unspecified atom stereocenters. The maximum atomic E-state index is 13.8. The van der Waals surface area contributed by atoms with Crippen molar-refractivity contribution in [3.05, 3.63) is 39.4 Å². The number of benzene rings is 1. The number of ether oxygens (including phenoxy) is 1. The molecule has 1 atom stereocenters. The van der Waals surface area contributed by atoms with Crippen LogP contribution in [0.5, 0.6) is 0 Å². The van der Waals surface area contributed by atoms with Gasteiger partial charge in [0.25, 0.3) is 5.91 Å². The Morgan fingerprint density at radius 1 is 1.52 bits per heavy atom. The Labute approximate surface area is 118 Å². The Morgan fingerprint density at radius 3 is 2.90 bits per heavy atom. The molecule has 0 aromatic heterocycles. The highest BCUT2D eigenvalue weighted by atomic mass is 19.1. The van der Waals surface area contributed by atoms with Gasteiger partial charge in [-0.3, -0.25) is 14.9 Å². The molecule has 2 rings (SSSR count). The van der Waals surface area contributed by atoms with Crippen molar-refractivity contribution in [1.82, 2.24) is 10.6 Å². The van der Waals surface area contributed by atoms with Gasteiger partial charge in [-0.05, 0) is 6.07 Å². The third kappa shape index (κ3) is 3.70. The van der Waals surface area contributed by atoms with Crippen molar-refractivity contribution >= 4 is 11.6 Å². The summed E-state index contributed by atoms with van der Waals surface area (Å²) in [6.07, 6.45) is 0. The van der Waals surface area contributed by atoms with Gasteiger partial charge in [-0.2, -0.15) is 4.39 Å². The molecule has 1 aromatic carbocycles. The van der Waals surface area contributed by atoms with Gasteiger partial charge < -0.3 is 15.4 Å². The van der Waals surface area contributed by atoms with Crippen LogP contribution in [0.25, 0.3) is 0 Å². The van der Waals surface area contributed by atoms with Crippen LogP contribution in [0.2, 0.25) is 0 Å². The quantitative estimate of drug-likeness (QED) is 0.627. The van der Waals surface area contributed by atoms with E-state index in [1.807, 2.05) is 0 Å². The first kappa shape index (κ1) is 15.3. The number of nitrogens with one attached hydrogen (secondary N) is 2. The van der Waals surface area contributed by atoms with Crippen LogP contribution in [-0.4, -0.2) is 43.2 Å². The molecule has 0 saturated carbocycles. The summed E-state index contributed by atoms with van der Waals surface area (Å²) in [7, 11) is 0. The predicted octanol–water partition coefficient (Wildman–Crippen LogP) is 0.591. The van der Waals surface area contributed by atoms with Crippen molar-refractivity contribution in [2.24, 2.45) is 0 Å². The summed E-state index contributed by atoms with van der Waals surface area (Å²) in [5, 5.41) is 16.1. The van der Waals surface area contributed by atoms with Crippen LogP contribution in [0.15, 0.2) is 12.1 Å². The van der Waals surface area contributed by atoms with Crippen LogP contribution >= 0.6 is 0 Å². The van der Waals surface area contributed by atoms with Crippen LogP contribution in [0, 0.1) is 21.7 Å². The van der Waals surface area contributed by atoms with Crippen molar-refractivity contribution in [3.8, 4) is 0 Å². The Morgan fingerprint density at radius 2 is 2.29 bits per heavy atom. The molecule has 0 radical (unpaired) electrons. The van der Waals surface area contributed by atoms with Gasteiger partial charge in [0.1, 0.15) is 5.82 Å². The van der Waals surface area contributed by atoms with E-state index in [2.05, 4.69) is 10.6 Å². The number of rotatable bonds is 4. The minimum atomic E-state index is -1.35. The van der Waals surface area contributed by atoms with Gasteiger partial charge in [-0.15, -0.1) is 0 Å². The highest BCUT2D eigenvalue weighted by Crippen LogP contribution is 2.22. The number of carbonyl (C=O) groups is 1. The normalized spacial score (nSPS) is 18.3. The lowest BCUT2D eigenvalue weighted by atomic mass is 10.1. The highest BCUT2D eigenvalue weighted by molar-refractivity contribution is 5.95. The molecule has 0 spiro atoms. The summed E-state index contributed by atoms with van der Waals surface area (Å²) >= 11 is 0. The Kier molecular flexibility index (Phi) is 4.76. The molecule has 9 heteroatoms. The van der Waals surface area contributed by atoms with Gasteiger partial charge in [-0.1, -0.05) is 0 Å². The number of nitro groups is 1. The minimum Gasteiger partial charge on any atom is -0.378 e. The van der Waals surface area contributed by atoms with E-state index in [9.17, 15) is 23.7 Å². The molecule has 114 valence electrons. The van der Waals surface area contributed by atoms with Crippen LogP contribution < -0.4 is 10.6 Å². The molecule has 1 fully saturated rings. The summed E-state index contributed by atoms with van der Waals surface area (Å²) < 4.78 is 32.2. The van der Waals surface area contributed by atoms with Gasteiger partial charge in [0.2, 0.25) is 5.82 Å². The summed E-state index contributed by atoms with van der Waals surface area (Å²) in [4.78, 5) is 21.3. The molecule has 7 nitrogen and oxygen atoms in total. The third-order valence-corrected chi connectivity index (χ3v) is 2.97. The number of carbonyl (C=O) groups excluding carboxylic acids is 1. The SMILES string of the molecule is O=C(NCC1COCCN1)c1cc(F)cc([N+](=O)[O-])c1F. The molecule has 1 aliphatic heterocycles. The van der Waals surface area contributed by atoms with Crippen molar-refractivity contribution in [1.29, 1.82) is 0 Å². The smallest absolute Gasteiger partial charge is 0.308 e. The Balaban J connectivity index is 2.09. The number of nitro benzene ring substituents is 1. The van der Waals surface area contributed by atoms with Gasteiger partial charge >= 0.3 is 5.69 Å². The lowest BCUT2D eigenvalue weighted by molar-refractivity contribution is -0.387. The van der Waals surface area contributed by atoms with Crippen LogP contribution in [0.4, 0.5) is 14.5 Å². The van der Waals surface area contributed by atoms with Crippen molar-refractivity contribution in [2.75, 3.05) is 26.3 Å². The summed E-state index contributed by atoms with van der Waals surface area (Å²) in [6.45, 7) is 1.71. The van der Waals surface area contributed by atoms with Crippen molar-refractivity contribution in [2.45, 2.75) is 6.04 Å². The number of amides is 1. The minimum absolute atomic E-state index is 0.141. The fourth-order valence-electron chi connectivity index (χ4n) is 1.93. The lowest BCUT2D eigenvalue weighted by Crippen LogP contribution is -2.48. The summed E-state index contributed by atoms with van der Waals surface area (Å²) in [6, 6.07) is 0.916. The number of halogens is 2. The lowest BCUT2D eigenvalue weighted by Gasteiger charge is -2.23. The van der Waals surface area contributed by atoms with E-state index < -0.39 is 33.7 Å². The standard InChI is InChI=1S/C12H13F2N3O4/c13-7-3-9(11(14)10(4-7)17(19)20)12(18)16-5-8-6-21-2-1-15-8/h3-4,8,15H,1-2,5-6H2,(H,16,18). The van der Waals surface area contributed by atoms with Gasteiger partial charge in [0.15, 0.2) is 0 Å². The topological polar surface area (TPSA) is 93.5 Å². The molecular weight excluding hydrogens is 288 g/mol. The zero-order valence-corrected chi connectivity index (χ0v) is 10.9. The molecule has 1 aromatic rings. The molecule has 0 bridgehead atoms. The monoisotopic (exact) mass is 301 g/mol. The Hall–Kier alpha value is -2.13. The van der Waals surface area contributed by atoms with Crippen molar-refractivity contribution in [3.63, 3.8) is 0 Å². The van der Waals surface area contributed by atoms with E-state index in [4.69, 9.17) is 4.74 Å². The molecule has 1 heterocycles. The second-order valence-corrected chi connectivity index (χ2v) is 4.48. The first-order valence-corrected chi connectivity index (χ1v) is 6.22. The van der Waals surface area contributed by atoms with Crippen LogP contribution in [0.3, 0.4) is 0 Å². The molecule has 0 aliphatic carbocycles. The van der Waals surface area contributed by atoms with Gasteiger partial charge in [0, 0.05) is 19.1 Å². The van der Waals surface area contributed by atoms with Crippen LogP contribution in [-0.2, 0) is 4.74 Å². The molecule has 2 N–H and O–H groups in total. The number of morpholine rings is 1. The zero-order chi connectivity index (χ0) is 15.4. The predicted molar refractivity (Wildman–Crippen MR) is 68.0 cm³/mol. The average Bonchev–Trinajstić information content (AvgIpc) is 2.47. The largest absolute Gasteiger partial charge is 0.378 e. The van der Waals surface area contributed by atoms with E-state index in [-0.39, 0.29) is 12.6 Å². The fraction of sp³-hybridized carbons (Fsp3) is 0.417. The molecule has 1 aliphatic rings. The zero-order valence-electron chi connectivity index (χ0n) is 10.9. The average molecular weight is 301 g/mol. The molecule has 21 heavy (non-hydrogen) atoms. The molecular formula is C12H13F2N3O4. The number of hydrogen-bond acceptors (Lipinski definition) is 5. The number of hydrogen-bond donors (Lipinski definition) is 2. The molecule has 1 amide bonds. The van der Waals surface area contributed by atoms with Crippen molar-refractivity contribution < 1.29 is 23.2 Å². The summed E-state index contributed by atoms with van der Waals surface area (Å²) in [5.74, 6) is -3.32. The highest BCUT2D eigenvalue weighted by Gasteiger charge is 2.24. The fourth-order valence-corrected chi connectivity index (χ4v) is 1.93. The van der Waals surface area contributed by atoms with E-state index in [1.54, 1.807) is 0 Å². The third-order valence-electron chi connectivity index (χ3n) is 2.97. The second-order valence-electron chi connectivity index (χ2n) is 4.48. The maximum absolute atomic E-state index is 13.8. The van der Waals surface area contributed by atoms with E-state index in [1.165, 1.54) is 0 Å². The first-order chi connectivity index (χ1) is 9.99. The first-order valence-electron chi connectivity index (χ1n) is 6.22. The number of nitrogens with zero attached hydrogens (tertiary/aromatic N) is 1. The molecule has 1 saturated heterocycles.